The van der Waals surface area contributed by atoms with Crippen molar-refractivity contribution in [1.82, 2.24) is 0 Å². The Balaban J connectivity index is 2.16. The minimum absolute atomic E-state index is 0.123. The average molecular weight is 206 g/mol. The lowest BCUT2D eigenvalue weighted by Crippen LogP contribution is -2.20. The molecule has 1 fully saturated rings. The Morgan fingerprint density at radius 1 is 1.47 bits per heavy atom. The smallest absolute Gasteiger partial charge is 0.305 e. The Hall–Kier alpha value is -1.51. The summed E-state index contributed by atoms with van der Waals surface area (Å²) in [5.41, 5.74) is 1.91. The molecule has 3 heteroatoms. The summed E-state index contributed by atoms with van der Waals surface area (Å²) in [6, 6.07) is 5.64. The van der Waals surface area contributed by atoms with Gasteiger partial charge in [-0.3, -0.25) is 4.79 Å². The minimum atomic E-state index is -0.123. The van der Waals surface area contributed by atoms with Gasteiger partial charge in [-0.1, -0.05) is 12.1 Å². The van der Waals surface area contributed by atoms with Crippen LogP contribution in [0.25, 0.3) is 0 Å². The van der Waals surface area contributed by atoms with Crippen LogP contribution in [0, 0.1) is 6.92 Å². The Morgan fingerprint density at radius 3 is 2.87 bits per heavy atom. The van der Waals surface area contributed by atoms with Crippen molar-refractivity contribution in [2.45, 2.75) is 25.7 Å². The summed E-state index contributed by atoms with van der Waals surface area (Å²) in [6.45, 7) is 2.29. The summed E-state index contributed by atoms with van der Waals surface area (Å²) in [5.74, 6) is 0.418. The van der Waals surface area contributed by atoms with Gasteiger partial charge in [-0.25, -0.2) is 0 Å². The average Bonchev–Trinajstić information content (AvgIpc) is 2.23. The van der Waals surface area contributed by atoms with Gasteiger partial charge in [0.15, 0.2) is 0 Å². The standard InChI is InChI=1S/C12H14O3/c1-8-2-3-9(6-11(8)13)10-4-5-12(14)15-7-10/h2-3,6,10,13H,4-5,7H2,1H3/t10-/m1/s1. The molecule has 1 aromatic carbocycles. The highest BCUT2D eigenvalue weighted by molar-refractivity contribution is 5.70. The first-order valence-corrected chi connectivity index (χ1v) is 5.12. The van der Waals surface area contributed by atoms with Crippen molar-refractivity contribution in [2.75, 3.05) is 6.61 Å². The minimum Gasteiger partial charge on any atom is -0.508 e. The van der Waals surface area contributed by atoms with Crippen molar-refractivity contribution in [3.05, 3.63) is 29.3 Å². The molecular weight excluding hydrogens is 192 g/mol. The molecule has 0 saturated carbocycles. The molecule has 0 radical (unpaired) electrons. The van der Waals surface area contributed by atoms with Gasteiger partial charge in [0.25, 0.3) is 0 Å². The van der Waals surface area contributed by atoms with Gasteiger partial charge in [-0.15, -0.1) is 0 Å². The van der Waals surface area contributed by atoms with Crippen LogP contribution in [0.5, 0.6) is 5.75 Å². The van der Waals surface area contributed by atoms with E-state index in [9.17, 15) is 9.90 Å². The van der Waals surface area contributed by atoms with Gasteiger partial charge < -0.3 is 9.84 Å². The number of carbonyl (C=O) groups is 1. The Bertz CT molecular complexity index is 374. The highest BCUT2D eigenvalue weighted by Crippen LogP contribution is 2.29. The highest BCUT2D eigenvalue weighted by Gasteiger charge is 2.21. The van der Waals surface area contributed by atoms with Crippen molar-refractivity contribution in [1.29, 1.82) is 0 Å². The van der Waals surface area contributed by atoms with Crippen LogP contribution in [0.1, 0.15) is 29.9 Å². The van der Waals surface area contributed by atoms with Gasteiger partial charge >= 0.3 is 5.97 Å². The van der Waals surface area contributed by atoms with Crippen molar-refractivity contribution in [3.63, 3.8) is 0 Å². The highest BCUT2D eigenvalue weighted by atomic mass is 16.5. The van der Waals surface area contributed by atoms with E-state index in [1.807, 2.05) is 19.1 Å². The molecule has 1 atom stereocenters. The van der Waals surface area contributed by atoms with E-state index in [0.717, 1.165) is 17.5 Å². The number of phenols is 1. The monoisotopic (exact) mass is 206 g/mol. The summed E-state index contributed by atoms with van der Waals surface area (Å²) in [4.78, 5) is 10.9. The van der Waals surface area contributed by atoms with Crippen molar-refractivity contribution in [3.8, 4) is 5.75 Å². The van der Waals surface area contributed by atoms with Crippen LogP contribution in [0.15, 0.2) is 18.2 Å². The first-order valence-electron chi connectivity index (χ1n) is 5.12. The lowest BCUT2D eigenvalue weighted by atomic mass is 9.92. The predicted molar refractivity (Wildman–Crippen MR) is 55.8 cm³/mol. The van der Waals surface area contributed by atoms with E-state index < -0.39 is 0 Å². The Morgan fingerprint density at radius 2 is 2.27 bits per heavy atom. The third kappa shape index (κ3) is 2.12. The molecule has 1 aromatic rings. The largest absolute Gasteiger partial charge is 0.508 e. The number of carbonyl (C=O) groups excluding carboxylic acids is 1. The lowest BCUT2D eigenvalue weighted by molar-refractivity contribution is -0.147. The van der Waals surface area contributed by atoms with Crippen LogP contribution in [0.2, 0.25) is 0 Å². The molecule has 1 heterocycles. The lowest BCUT2D eigenvalue weighted by Gasteiger charge is -2.22. The summed E-state index contributed by atoms with van der Waals surface area (Å²) >= 11 is 0. The van der Waals surface area contributed by atoms with E-state index in [0.29, 0.717) is 18.8 Å². The fourth-order valence-corrected chi connectivity index (χ4v) is 1.78. The molecule has 0 bridgehead atoms. The van der Waals surface area contributed by atoms with Crippen LogP contribution in [-0.2, 0) is 9.53 Å². The molecule has 0 aliphatic carbocycles. The zero-order chi connectivity index (χ0) is 10.8. The van der Waals surface area contributed by atoms with Crippen molar-refractivity contribution in [2.24, 2.45) is 0 Å². The van der Waals surface area contributed by atoms with Crippen LogP contribution in [0.4, 0.5) is 0 Å². The van der Waals surface area contributed by atoms with E-state index in [-0.39, 0.29) is 11.9 Å². The maximum Gasteiger partial charge on any atom is 0.305 e. The van der Waals surface area contributed by atoms with Gasteiger partial charge in [0, 0.05) is 12.3 Å². The number of hydrogen-bond acceptors (Lipinski definition) is 3. The quantitative estimate of drug-likeness (QED) is 0.716. The molecule has 3 nitrogen and oxygen atoms in total. The van der Waals surface area contributed by atoms with Gasteiger partial charge in [0.05, 0.1) is 6.61 Å². The van der Waals surface area contributed by atoms with Crippen LogP contribution in [0.3, 0.4) is 0 Å². The third-order valence-corrected chi connectivity index (χ3v) is 2.85. The molecule has 0 aromatic heterocycles. The zero-order valence-corrected chi connectivity index (χ0v) is 8.69. The topological polar surface area (TPSA) is 46.5 Å². The number of aromatic hydroxyl groups is 1. The first-order chi connectivity index (χ1) is 7.16. The fourth-order valence-electron chi connectivity index (χ4n) is 1.78. The van der Waals surface area contributed by atoms with Crippen LogP contribution >= 0.6 is 0 Å². The third-order valence-electron chi connectivity index (χ3n) is 2.85. The summed E-state index contributed by atoms with van der Waals surface area (Å²) in [5, 5.41) is 9.57. The van der Waals surface area contributed by atoms with Crippen molar-refractivity contribution < 1.29 is 14.6 Å². The molecule has 1 saturated heterocycles. The first kappa shape index (κ1) is 10.0. The van der Waals surface area contributed by atoms with Gasteiger partial charge in [-0.05, 0) is 30.5 Å². The SMILES string of the molecule is Cc1ccc([C@@H]2CCC(=O)OC2)cc1O. The van der Waals surface area contributed by atoms with E-state index in [2.05, 4.69) is 0 Å². The van der Waals surface area contributed by atoms with Gasteiger partial charge in [-0.2, -0.15) is 0 Å². The second-order valence-corrected chi connectivity index (χ2v) is 3.96. The number of ether oxygens (including phenoxy) is 1. The normalized spacial score (nSPS) is 21.1. The molecule has 1 aliphatic rings. The molecule has 80 valence electrons. The second kappa shape index (κ2) is 3.93. The van der Waals surface area contributed by atoms with Crippen LogP contribution < -0.4 is 0 Å². The number of cyclic esters (lactones) is 1. The number of benzene rings is 1. The molecule has 1 N–H and O–H groups in total. The van der Waals surface area contributed by atoms with E-state index in [1.54, 1.807) is 6.07 Å². The molecule has 0 unspecified atom stereocenters. The molecule has 15 heavy (non-hydrogen) atoms. The van der Waals surface area contributed by atoms with E-state index in [4.69, 9.17) is 4.74 Å². The van der Waals surface area contributed by atoms with Crippen molar-refractivity contribution >= 4 is 5.97 Å². The van der Waals surface area contributed by atoms with Gasteiger partial charge in [0.1, 0.15) is 5.75 Å². The number of esters is 1. The summed E-state index contributed by atoms with van der Waals surface area (Å²) < 4.78 is 4.99. The fraction of sp³-hybridized carbons (Fsp3) is 0.417. The molecule has 1 aliphatic heterocycles. The Kier molecular flexibility index (Phi) is 2.62. The molecule has 0 amide bonds. The second-order valence-electron chi connectivity index (χ2n) is 3.96. The molecule has 0 spiro atoms. The number of phenolic OH excluding ortho intramolecular Hbond substituents is 1. The zero-order valence-electron chi connectivity index (χ0n) is 8.69. The maximum absolute atomic E-state index is 10.9. The Labute approximate surface area is 88.7 Å². The number of aryl methyl sites for hydroxylation is 1. The maximum atomic E-state index is 10.9. The molecular formula is C12H14O3. The molecule has 2 rings (SSSR count). The van der Waals surface area contributed by atoms with Gasteiger partial charge in [0.2, 0.25) is 0 Å². The predicted octanol–water partition coefficient (Wildman–Crippen LogP) is 2.12. The van der Waals surface area contributed by atoms with E-state index >= 15 is 0 Å². The number of rotatable bonds is 1. The summed E-state index contributed by atoms with van der Waals surface area (Å²) in [7, 11) is 0. The van der Waals surface area contributed by atoms with E-state index in [1.165, 1.54) is 0 Å². The number of hydrogen-bond donors (Lipinski definition) is 1. The summed E-state index contributed by atoms with van der Waals surface area (Å²) in [6.07, 6.45) is 1.28. The van der Waals surface area contributed by atoms with Crippen LogP contribution in [-0.4, -0.2) is 17.7 Å².